The summed E-state index contributed by atoms with van der Waals surface area (Å²) >= 11 is 0. The first kappa shape index (κ1) is 30.5. The molecule has 1 saturated heterocycles. The minimum Gasteiger partial charge on any atom is -0.477 e. The molecule has 1 aliphatic rings. The van der Waals surface area contributed by atoms with Gasteiger partial charge in [-0.2, -0.15) is 13.2 Å². The monoisotopic (exact) mass is 569 g/mol. The summed E-state index contributed by atoms with van der Waals surface area (Å²) in [7, 11) is 0. The summed E-state index contributed by atoms with van der Waals surface area (Å²) in [4.78, 5) is 28.6. The molecular weight excluding hydrogens is 535 g/mol. The van der Waals surface area contributed by atoms with Crippen molar-refractivity contribution in [2.45, 2.75) is 64.7 Å². The fraction of sp³-hybridized carbons (Fsp3) is 0.519. The fourth-order valence-corrected chi connectivity index (χ4v) is 4.63. The summed E-state index contributed by atoms with van der Waals surface area (Å²) in [5, 5.41) is 7.13. The average molecular weight is 570 g/mol. The highest BCUT2D eigenvalue weighted by molar-refractivity contribution is 5.85. The van der Waals surface area contributed by atoms with Crippen molar-refractivity contribution >= 4 is 23.8 Å². The Hall–Kier alpha value is -3.05. The number of amides is 1. The third-order valence-corrected chi connectivity index (χ3v) is 6.33. The summed E-state index contributed by atoms with van der Waals surface area (Å²) < 4.78 is 48.5. The number of ether oxygens (including phenoxy) is 1. The normalized spacial score (nSPS) is 14.7. The van der Waals surface area contributed by atoms with Crippen molar-refractivity contribution < 1.29 is 22.7 Å². The van der Waals surface area contributed by atoms with Gasteiger partial charge in [0.05, 0.1) is 24.1 Å². The molecule has 8 nitrogen and oxygen atoms in total. The Morgan fingerprint density at radius 2 is 1.82 bits per heavy atom. The van der Waals surface area contributed by atoms with Gasteiger partial charge in [-0.05, 0) is 65.3 Å². The third kappa shape index (κ3) is 7.98. The number of hydrogen-bond donors (Lipinski definition) is 1. The Labute approximate surface area is 231 Å². The first-order valence-electron chi connectivity index (χ1n) is 12.9. The zero-order valence-corrected chi connectivity index (χ0v) is 23.2. The maximum absolute atomic E-state index is 13.5. The van der Waals surface area contributed by atoms with Gasteiger partial charge >= 0.3 is 6.18 Å². The van der Waals surface area contributed by atoms with Crippen LogP contribution >= 0.6 is 12.4 Å². The molecule has 12 heteroatoms. The van der Waals surface area contributed by atoms with E-state index in [1.165, 1.54) is 52.7 Å². The molecule has 1 fully saturated rings. The standard InChI is InChI=1S/C27H34F3N5O3.ClH/c1-26(2,3)31-23(36)18-34-22(19-9-7-10-20(15-19)27(28,29)30)17-35-21(25(34)37)16-24(32-35)38-14-8-13-33-11-5-4-6-12-33;/h7,9-10,15-17H,4-6,8,11-14,18H2,1-3H3,(H,31,36);1H. The predicted molar refractivity (Wildman–Crippen MR) is 145 cm³/mol. The number of piperidine rings is 1. The molecule has 0 radical (unpaired) electrons. The second-order valence-corrected chi connectivity index (χ2v) is 10.7. The van der Waals surface area contributed by atoms with Crippen molar-refractivity contribution in [1.29, 1.82) is 0 Å². The van der Waals surface area contributed by atoms with Crippen LogP contribution in [0.25, 0.3) is 16.8 Å². The maximum atomic E-state index is 13.5. The Kier molecular flexibility index (Phi) is 9.71. The molecule has 0 unspecified atom stereocenters. The minimum absolute atomic E-state index is 0. The Morgan fingerprint density at radius 1 is 1.10 bits per heavy atom. The third-order valence-electron chi connectivity index (χ3n) is 6.33. The molecule has 2 aromatic heterocycles. The summed E-state index contributed by atoms with van der Waals surface area (Å²) in [6.45, 7) is 8.56. The summed E-state index contributed by atoms with van der Waals surface area (Å²) in [6, 6.07) is 6.15. The maximum Gasteiger partial charge on any atom is 0.416 e. The molecule has 0 saturated carbocycles. The highest BCUT2D eigenvalue weighted by Gasteiger charge is 2.31. The van der Waals surface area contributed by atoms with Crippen LogP contribution in [0.4, 0.5) is 13.2 Å². The van der Waals surface area contributed by atoms with Crippen molar-refractivity contribution in [1.82, 2.24) is 24.4 Å². The fourth-order valence-electron chi connectivity index (χ4n) is 4.63. The Bertz CT molecular complexity index is 1340. The molecule has 214 valence electrons. The van der Waals surface area contributed by atoms with E-state index in [2.05, 4.69) is 15.3 Å². The van der Waals surface area contributed by atoms with E-state index in [0.29, 0.717) is 6.61 Å². The summed E-state index contributed by atoms with van der Waals surface area (Å²) in [5.41, 5.74) is -1.52. The number of aromatic nitrogens is 3. The van der Waals surface area contributed by atoms with Crippen LogP contribution in [0.2, 0.25) is 0 Å². The number of fused-ring (bicyclic) bond motifs is 1. The quantitative estimate of drug-likeness (QED) is 0.395. The highest BCUT2D eigenvalue weighted by atomic mass is 35.5. The molecule has 4 rings (SSSR count). The molecule has 0 spiro atoms. The van der Waals surface area contributed by atoms with Crippen LogP contribution in [0.3, 0.4) is 0 Å². The van der Waals surface area contributed by atoms with Crippen LogP contribution in [0.1, 0.15) is 52.0 Å². The zero-order valence-electron chi connectivity index (χ0n) is 22.4. The SMILES string of the molecule is CC(C)(C)NC(=O)Cn1c(-c2cccc(C(F)(F)F)c2)cn2nc(OCCCN3CCCCC3)cc2c1=O.Cl. The number of likely N-dealkylation sites (tertiary alicyclic amines) is 1. The van der Waals surface area contributed by atoms with E-state index in [0.717, 1.165) is 38.2 Å². The van der Waals surface area contributed by atoms with Gasteiger partial charge in [0.15, 0.2) is 0 Å². The lowest BCUT2D eigenvalue weighted by atomic mass is 10.1. The first-order valence-corrected chi connectivity index (χ1v) is 12.9. The molecule has 0 aliphatic carbocycles. The van der Waals surface area contributed by atoms with E-state index >= 15 is 0 Å². The topological polar surface area (TPSA) is 80.9 Å². The van der Waals surface area contributed by atoms with Crippen molar-refractivity contribution in [3.8, 4) is 17.1 Å². The average Bonchev–Trinajstić information content (AvgIpc) is 3.26. The van der Waals surface area contributed by atoms with Gasteiger partial charge in [0.1, 0.15) is 12.1 Å². The van der Waals surface area contributed by atoms with Crippen LogP contribution in [0.15, 0.2) is 41.3 Å². The van der Waals surface area contributed by atoms with Gasteiger partial charge < -0.3 is 15.0 Å². The highest BCUT2D eigenvalue weighted by Crippen LogP contribution is 2.32. The molecule has 0 bridgehead atoms. The van der Waals surface area contributed by atoms with Crippen LogP contribution < -0.4 is 15.6 Å². The van der Waals surface area contributed by atoms with E-state index in [9.17, 15) is 22.8 Å². The van der Waals surface area contributed by atoms with Gasteiger partial charge in [-0.3, -0.25) is 14.2 Å². The van der Waals surface area contributed by atoms with E-state index in [4.69, 9.17) is 4.74 Å². The number of nitrogens with zero attached hydrogens (tertiary/aromatic N) is 4. The Balaban J connectivity index is 0.00000420. The molecular formula is C27H35ClF3N5O3. The van der Waals surface area contributed by atoms with E-state index in [1.807, 2.05) is 0 Å². The molecule has 1 amide bonds. The molecule has 1 aromatic carbocycles. The first-order chi connectivity index (χ1) is 17.9. The molecule has 1 N–H and O–H groups in total. The number of alkyl halides is 3. The molecule has 39 heavy (non-hydrogen) atoms. The largest absolute Gasteiger partial charge is 0.477 e. The lowest BCUT2D eigenvalue weighted by molar-refractivity contribution is -0.137. The molecule has 3 heterocycles. The number of rotatable bonds is 8. The van der Waals surface area contributed by atoms with Crippen LogP contribution in [-0.4, -0.2) is 56.8 Å². The van der Waals surface area contributed by atoms with Gasteiger partial charge in [0, 0.05) is 23.7 Å². The van der Waals surface area contributed by atoms with Crippen molar-refractivity contribution in [2.24, 2.45) is 0 Å². The van der Waals surface area contributed by atoms with E-state index in [1.54, 1.807) is 20.8 Å². The summed E-state index contributed by atoms with van der Waals surface area (Å²) in [5.74, 6) is -0.196. The smallest absolute Gasteiger partial charge is 0.416 e. The van der Waals surface area contributed by atoms with Gasteiger partial charge in [-0.15, -0.1) is 17.5 Å². The van der Waals surface area contributed by atoms with Crippen LogP contribution in [0, 0.1) is 0 Å². The van der Waals surface area contributed by atoms with E-state index < -0.39 is 28.7 Å². The zero-order chi connectivity index (χ0) is 27.5. The number of halogens is 4. The summed E-state index contributed by atoms with van der Waals surface area (Å²) in [6.07, 6.45) is 1.39. The van der Waals surface area contributed by atoms with Gasteiger partial charge in [-0.25, -0.2) is 4.52 Å². The number of benzene rings is 1. The second kappa shape index (κ2) is 12.4. The second-order valence-electron chi connectivity index (χ2n) is 10.7. The minimum atomic E-state index is -4.56. The van der Waals surface area contributed by atoms with Gasteiger partial charge in [0.2, 0.25) is 11.8 Å². The number of carbonyl (C=O) groups excluding carboxylic acids is 1. The van der Waals surface area contributed by atoms with Crippen molar-refractivity contribution in [3.63, 3.8) is 0 Å². The Morgan fingerprint density at radius 3 is 2.49 bits per heavy atom. The number of nitrogens with one attached hydrogen (secondary N) is 1. The van der Waals surface area contributed by atoms with Crippen molar-refractivity contribution in [2.75, 3.05) is 26.2 Å². The molecule has 3 aromatic rings. The number of hydrogen-bond acceptors (Lipinski definition) is 5. The molecule has 0 atom stereocenters. The van der Waals surface area contributed by atoms with E-state index in [-0.39, 0.29) is 41.6 Å². The molecule has 1 aliphatic heterocycles. The lowest BCUT2D eigenvalue weighted by Gasteiger charge is -2.26. The van der Waals surface area contributed by atoms with Crippen LogP contribution in [-0.2, 0) is 17.5 Å². The lowest BCUT2D eigenvalue weighted by Crippen LogP contribution is -2.43. The van der Waals surface area contributed by atoms with Crippen LogP contribution in [0.5, 0.6) is 5.88 Å². The van der Waals surface area contributed by atoms with Gasteiger partial charge in [0.25, 0.3) is 5.56 Å². The predicted octanol–water partition coefficient (Wildman–Crippen LogP) is 4.77. The number of carbonyl (C=O) groups is 1. The van der Waals surface area contributed by atoms with Gasteiger partial charge in [-0.1, -0.05) is 18.6 Å². The van der Waals surface area contributed by atoms with Crippen molar-refractivity contribution in [3.05, 3.63) is 52.4 Å².